The molecule has 0 aliphatic carbocycles. The molecule has 1 fully saturated rings. The minimum atomic E-state index is 0.442. The fraction of sp³-hybridized carbons (Fsp3) is 0.647. The van der Waals surface area contributed by atoms with Gasteiger partial charge in [0.25, 0.3) is 0 Å². The first-order valence-electron chi connectivity index (χ1n) is 8.04. The molecule has 3 atom stereocenters. The molecule has 0 radical (unpaired) electrons. The average molecular weight is 274 g/mol. The third-order valence-corrected chi connectivity index (χ3v) is 4.73. The highest BCUT2D eigenvalue weighted by Gasteiger charge is 2.36. The van der Waals surface area contributed by atoms with Crippen LogP contribution in [0.4, 0.5) is 0 Å². The van der Waals surface area contributed by atoms with Gasteiger partial charge in [-0.15, -0.1) is 0 Å². The highest BCUT2D eigenvalue weighted by atomic mass is 16.5. The van der Waals surface area contributed by atoms with E-state index < -0.39 is 0 Å². The Labute approximate surface area is 122 Å². The average Bonchev–Trinajstić information content (AvgIpc) is 2.91. The van der Waals surface area contributed by atoms with E-state index in [0.29, 0.717) is 18.1 Å². The zero-order valence-corrected chi connectivity index (χ0v) is 12.6. The van der Waals surface area contributed by atoms with E-state index in [1.54, 1.807) is 0 Å². The molecule has 2 aliphatic rings. The van der Waals surface area contributed by atoms with Gasteiger partial charge in [-0.05, 0) is 18.9 Å². The van der Waals surface area contributed by atoms with Crippen LogP contribution >= 0.6 is 0 Å². The molecule has 1 aromatic carbocycles. The Hall–Kier alpha value is -1.06. The van der Waals surface area contributed by atoms with E-state index in [1.165, 1.54) is 24.8 Å². The highest BCUT2D eigenvalue weighted by Crippen LogP contribution is 2.37. The third kappa shape index (κ3) is 2.57. The molecule has 1 saturated heterocycles. The molecule has 2 heterocycles. The summed E-state index contributed by atoms with van der Waals surface area (Å²) < 4.78 is 5.89. The van der Waals surface area contributed by atoms with Gasteiger partial charge in [-0.3, -0.25) is 4.90 Å². The van der Waals surface area contributed by atoms with Crippen LogP contribution in [0.2, 0.25) is 0 Å². The lowest BCUT2D eigenvalue weighted by Crippen LogP contribution is -2.57. The molecule has 0 spiro atoms. The topological polar surface area (TPSA) is 24.5 Å². The van der Waals surface area contributed by atoms with Crippen molar-refractivity contribution in [1.82, 2.24) is 10.2 Å². The van der Waals surface area contributed by atoms with E-state index in [9.17, 15) is 0 Å². The normalized spacial score (nSPS) is 30.0. The quantitative estimate of drug-likeness (QED) is 0.913. The van der Waals surface area contributed by atoms with E-state index in [0.717, 1.165) is 25.4 Å². The van der Waals surface area contributed by atoms with Crippen LogP contribution in [0, 0.1) is 0 Å². The molecule has 0 aromatic heterocycles. The summed E-state index contributed by atoms with van der Waals surface area (Å²) in [6, 6.07) is 10.2. The Bertz CT molecular complexity index is 448. The number of piperazine rings is 1. The number of benzene rings is 1. The first kappa shape index (κ1) is 13.9. The number of hydrogen-bond donors (Lipinski definition) is 1. The number of nitrogens with one attached hydrogen (secondary N) is 1. The minimum absolute atomic E-state index is 0.442. The van der Waals surface area contributed by atoms with Crippen molar-refractivity contribution >= 4 is 0 Å². The second kappa shape index (κ2) is 6.15. The molecule has 1 aromatic rings. The van der Waals surface area contributed by atoms with Gasteiger partial charge in [0, 0.05) is 30.7 Å². The van der Waals surface area contributed by atoms with Gasteiger partial charge in [-0.2, -0.15) is 0 Å². The van der Waals surface area contributed by atoms with Gasteiger partial charge in [0.15, 0.2) is 0 Å². The Morgan fingerprint density at radius 3 is 2.95 bits per heavy atom. The highest BCUT2D eigenvalue weighted by molar-refractivity contribution is 5.39. The maximum absolute atomic E-state index is 5.89. The second-order valence-corrected chi connectivity index (χ2v) is 6.02. The molecule has 1 N–H and O–H groups in total. The summed E-state index contributed by atoms with van der Waals surface area (Å²) in [4.78, 5) is 2.68. The molecule has 0 amide bonds. The van der Waals surface area contributed by atoms with Crippen molar-refractivity contribution in [2.24, 2.45) is 0 Å². The predicted molar refractivity (Wildman–Crippen MR) is 82.2 cm³/mol. The lowest BCUT2D eigenvalue weighted by atomic mass is 9.98. The lowest BCUT2D eigenvalue weighted by Gasteiger charge is -2.43. The molecule has 110 valence electrons. The standard InChI is InChI=1S/C17H26N2O/c1-3-7-13-11-19(14(4-2)10-18-13)16-12-20-17-9-6-5-8-15(16)17/h5-6,8-9,13-14,16,18H,3-4,7,10-12H2,1-2H3. The minimum Gasteiger partial charge on any atom is -0.491 e. The van der Waals surface area contributed by atoms with Crippen molar-refractivity contribution in [3.8, 4) is 5.75 Å². The van der Waals surface area contributed by atoms with Gasteiger partial charge in [0.2, 0.25) is 0 Å². The van der Waals surface area contributed by atoms with E-state index >= 15 is 0 Å². The SMILES string of the molecule is CCCC1CN(C2COc3ccccc32)C(CC)CN1. The van der Waals surface area contributed by atoms with Gasteiger partial charge in [-0.25, -0.2) is 0 Å². The molecule has 3 rings (SSSR count). The number of nitrogens with zero attached hydrogens (tertiary/aromatic N) is 1. The summed E-state index contributed by atoms with van der Waals surface area (Å²) in [5, 5.41) is 3.72. The zero-order chi connectivity index (χ0) is 13.9. The van der Waals surface area contributed by atoms with Crippen LogP contribution < -0.4 is 10.1 Å². The van der Waals surface area contributed by atoms with E-state index in [4.69, 9.17) is 4.74 Å². The van der Waals surface area contributed by atoms with Crippen LogP contribution in [-0.4, -0.2) is 36.7 Å². The van der Waals surface area contributed by atoms with Crippen molar-refractivity contribution in [1.29, 1.82) is 0 Å². The first-order valence-corrected chi connectivity index (χ1v) is 8.04. The molecule has 0 bridgehead atoms. The number of para-hydroxylation sites is 1. The maximum Gasteiger partial charge on any atom is 0.124 e. The predicted octanol–water partition coefficient (Wildman–Crippen LogP) is 2.97. The van der Waals surface area contributed by atoms with Gasteiger partial charge in [0.05, 0.1) is 6.04 Å². The summed E-state index contributed by atoms with van der Waals surface area (Å²) in [6.07, 6.45) is 3.72. The molecule has 2 aliphatic heterocycles. The number of fused-ring (bicyclic) bond motifs is 1. The smallest absolute Gasteiger partial charge is 0.124 e. The molecule has 3 nitrogen and oxygen atoms in total. The number of hydrogen-bond acceptors (Lipinski definition) is 3. The third-order valence-electron chi connectivity index (χ3n) is 4.73. The summed E-state index contributed by atoms with van der Waals surface area (Å²) in [5.41, 5.74) is 1.38. The molecule has 0 saturated carbocycles. The van der Waals surface area contributed by atoms with Crippen LogP contribution in [0.25, 0.3) is 0 Å². The number of ether oxygens (including phenoxy) is 1. The van der Waals surface area contributed by atoms with Gasteiger partial charge >= 0.3 is 0 Å². The molecule has 3 heteroatoms. The summed E-state index contributed by atoms with van der Waals surface area (Å²) in [5.74, 6) is 1.08. The summed E-state index contributed by atoms with van der Waals surface area (Å²) >= 11 is 0. The van der Waals surface area contributed by atoms with E-state index in [-0.39, 0.29) is 0 Å². The Kier molecular flexibility index (Phi) is 4.27. The van der Waals surface area contributed by atoms with Crippen molar-refractivity contribution in [2.45, 2.75) is 51.2 Å². The largest absolute Gasteiger partial charge is 0.491 e. The van der Waals surface area contributed by atoms with Crippen LogP contribution in [0.15, 0.2) is 24.3 Å². The van der Waals surface area contributed by atoms with Crippen LogP contribution in [0.3, 0.4) is 0 Å². The van der Waals surface area contributed by atoms with Crippen LogP contribution in [0.5, 0.6) is 5.75 Å². The van der Waals surface area contributed by atoms with Crippen LogP contribution in [0.1, 0.15) is 44.7 Å². The Balaban J connectivity index is 1.79. The van der Waals surface area contributed by atoms with Gasteiger partial charge < -0.3 is 10.1 Å². The fourth-order valence-electron chi connectivity index (χ4n) is 3.61. The second-order valence-electron chi connectivity index (χ2n) is 6.02. The van der Waals surface area contributed by atoms with Crippen molar-refractivity contribution in [3.63, 3.8) is 0 Å². The summed E-state index contributed by atoms with van der Waals surface area (Å²) in [7, 11) is 0. The van der Waals surface area contributed by atoms with Gasteiger partial charge in [-0.1, -0.05) is 38.5 Å². The zero-order valence-electron chi connectivity index (χ0n) is 12.6. The number of rotatable bonds is 4. The van der Waals surface area contributed by atoms with Crippen molar-refractivity contribution in [2.75, 3.05) is 19.7 Å². The Morgan fingerprint density at radius 1 is 1.30 bits per heavy atom. The monoisotopic (exact) mass is 274 g/mol. The van der Waals surface area contributed by atoms with E-state index in [1.807, 2.05) is 0 Å². The summed E-state index contributed by atoms with van der Waals surface area (Å²) in [6.45, 7) is 7.64. The molecule has 20 heavy (non-hydrogen) atoms. The van der Waals surface area contributed by atoms with Crippen molar-refractivity contribution < 1.29 is 4.74 Å². The molecule has 3 unspecified atom stereocenters. The fourth-order valence-corrected chi connectivity index (χ4v) is 3.61. The van der Waals surface area contributed by atoms with Crippen molar-refractivity contribution in [3.05, 3.63) is 29.8 Å². The van der Waals surface area contributed by atoms with E-state index in [2.05, 4.69) is 48.3 Å². The molecular formula is C17H26N2O. The lowest BCUT2D eigenvalue weighted by molar-refractivity contribution is 0.0643. The first-order chi connectivity index (χ1) is 9.83. The van der Waals surface area contributed by atoms with Crippen LogP contribution in [-0.2, 0) is 0 Å². The maximum atomic E-state index is 5.89. The Morgan fingerprint density at radius 2 is 2.15 bits per heavy atom. The molecular weight excluding hydrogens is 248 g/mol. The van der Waals surface area contributed by atoms with Gasteiger partial charge in [0.1, 0.15) is 12.4 Å².